The van der Waals surface area contributed by atoms with Gasteiger partial charge in [-0.15, -0.1) is 0 Å². The summed E-state index contributed by atoms with van der Waals surface area (Å²) in [5, 5.41) is 4.30. The van der Waals surface area contributed by atoms with Crippen LogP contribution < -0.4 is 5.32 Å². The molecule has 17 heavy (non-hydrogen) atoms. The van der Waals surface area contributed by atoms with Crippen LogP contribution in [0.4, 0.5) is 0 Å². The second-order valence-electron chi connectivity index (χ2n) is 4.50. The minimum Gasteiger partial charge on any atom is -0.312 e. The van der Waals surface area contributed by atoms with E-state index in [9.17, 15) is 0 Å². The lowest BCUT2D eigenvalue weighted by Gasteiger charge is -2.18. The van der Waals surface area contributed by atoms with E-state index < -0.39 is 0 Å². The summed E-state index contributed by atoms with van der Waals surface area (Å²) in [6.07, 6.45) is 5.54. The molecule has 1 nitrogen and oxygen atoms in total. The number of aryl methyl sites for hydroxylation is 2. The van der Waals surface area contributed by atoms with Crippen LogP contribution in [-0.2, 0) is 12.8 Å². The molecule has 2 heteroatoms. The molecule has 0 spiro atoms. The monoisotopic (exact) mass is 249 g/mol. The van der Waals surface area contributed by atoms with Gasteiger partial charge < -0.3 is 5.32 Å². The average molecular weight is 250 g/mol. The molecular weight excluding hydrogens is 230 g/mol. The Bertz CT molecular complexity index is 435. The molecule has 0 bridgehead atoms. The predicted molar refractivity (Wildman–Crippen MR) is 75.7 cm³/mol. The van der Waals surface area contributed by atoms with Gasteiger partial charge in [0.15, 0.2) is 0 Å². The Balaban J connectivity index is 2.43. The van der Waals surface area contributed by atoms with Crippen molar-refractivity contribution in [2.75, 3.05) is 13.1 Å². The molecule has 0 aromatic heterocycles. The van der Waals surface area contributed by atoms with Crippen LogP contribution in [0, 0.1) is 0 Å². The zero-order valence-electron chi connectivity index (χ0n) is 10.6. The summed E-state index contributed by atoms with van der Waals surface area (Å²) in [5.74, 6) is 0. The van der Waals surface area contributed by atoms with Crippen molar-refractivity contribution in [1.82, 2.24) is 5.32 Å². The summed E-state index contributed by atoms with van der Waals surface area (Å²) >= 11 is 6.40. The van der Waals surface area contributed by atoms with E-state index in [0.29, 0.717) is 0 Å². The maximum atomic E-state index is 6.40. The van der Waals surface area contributed by atoms with Gasteiger partial charge in [-0.25, -0.2) is 0 Å². The van der Waals surface area contributed by atoms with Crippen LogP contribution in [0.1, 0.15) is 37.0 Å². The van der Waals surface area contributed by atoms with Crippen molar-refractivity contribution in [3.8, 4) is 0 Å². The number of benzene rings is 1. The normalized spacial score (nSPS) is 15.8. The number of nitrogens with one attached hydrogen (secondary N) is 1. The molecule has 0 saturated carbocycles. The third kappa shape index (κ3) is 2.72. The molecule has 0 unspecified atom stereocenters. The Morgan fingerprint density at radius 2 is 1.88 bits per heavy atom. The highest BCUT2D eigenvalue weighted by Gasteiger charge is 2.12. The Kier molecular flexibility index (Phi) is 4.25. The molecule has 1 N–H and O–H groups in total. The molecule has 2 rings (SSSR count). The van der Waals surface area contributed by atoms with Gasteiger partial charge in [0.25, 0.3) is 0 Å². The zero-order valence-corrected chi connectivity index (χ0v) is 11.4. The third-order valence-corrected chi connectivity index (χ3v) is 3.74. The minimum atomic E-state index is 0.897. The van der Waals surface area contributed by atoms with Crippen molar-refractivity contribution in [2.24, 2.45) is 0 Å². The molecule has 1 aromatic carbocycles. The summed E-state index contributed by atoms with van der Waals surface area (Å²) in [7, 11) is 0. The van der Waals surface area contributed by atoms with Crippen molar-refractivity contribution in [1.29, 1.82) is 0 Å². The van der Waals surface area contributed by atoms with E-state index in [1.807, 2.05) is 0 Å². The molecule has 0 fully saturated rings. The molecular formula is C15H20ClN. The van der Waals surface area contributed by atoms with Gasteiger partial charge in [-0.1, -0.05) is 31.5 Å². The van der Waals surface area contributed by atoms with Gasteiger partial charge in [-0.05, 0) is 60.2 Å². The van der Waals surface area contributed by atoms with E-state index in [1.54, 1.807) is 0 Å². The maximum absolute atomic E-state index is 6.40. The number of hydrogen-bond acceptors (Lipinski definition) is 1. The largest absolute Gasteiger partial charge is 0.312 e. The highest BCUT2D eigenvalue weighted by Crippen LogP contribution is 2.29. The Morgan fingerprint density at radius 1 is 1.18 bits per heavy atom. The van der Waals surface area contributed by atoms with Crippen molar-refractivity contribution in [3.05, 3.63) is 39.9 Å². The van der Waals surface area contributed by atoms with Gasteiger partial charge in [-0.3, -0.25) is 0 Å². The van der Waals surface area contributed by atoms with Crippen LogP contribution in [0.25, 0.3) is 5.57 Å². The highest BCUT2D eigenvalue weighted by atomic mass is 35.5. The molecule has 1 aromatic rings. The zero-order chi connectivity index (χ0) is 12.3. The summed E-state index contributed by atoms with van der Waals surface area (Å²) < 4.78 is 0. The maximum Gasteiger partial charge on any atom is 0.0484 e. The molecule has 0 aliphatic carbocycles. The number of halogens is 1. The predicted octanol–water partition coefficient (Wildman–Crippen LogP) is 3.84. The Hall–Kier alpha value is -0.790. The molecule has 0 radical (unpaired) electrons. The molecule has 0 amide bonds. The quantitative estimate of drug-likeness (QED) is 0.858. The molecule has 1 aliphatic rings. The van der Waals surface area contributed by atoms with Crippen LogP contribution in [-0.4, -0.2) is 13.1 Å². The first kappa shape index (κ1) is 12.7. The highest BCUT2D eigenvalue weighted by molar-refractivity contribution is 6.32. The van der Waals surface area contributed by atoms with Crippen LogP contribution in [0.15, 0.2) is 18.2 Å². The lowest BCUT2D eigenvalue weighted by Crippen LogP contribution is -2.21. The second kappa shape index (κ2) is 5.70. The van der Waals surface area contributed by atoms with E-state index in [1.165, 1.54) is 22.3 Å². The Labute approximate surface area is 109 Å². The number of hydrogen-bond donors (Lipinski definition) is 1. The van der Waals surface area contributed by atoms with Crippen LogP contribution in [0.5, 0.6) is 0 Å². The van der Waals surface area contributed by atoms with Crippen LogP contribution in [0.3, 0.4) is 0 Å². The van der Waals surface area contributed by atoms with Crippen molar-refractivity contribution >= 4 is 17.2 Å². The average Bonchev–Trinajstić information content (AvgIpc) is 2.39. The number of rotatable bonds is 3. The van der Waals surface area contributed by atoms with Crippen LogP contribution in [0.2, 0.25) is 5.02 Å². The lowest BCUT2D eigenvalue weighted by molar-refractivity contribution is 0.739. The summed E-state index contributed by atoms with van der Waals surface area (Å²) in [4.78, 5) is 0. The third-order valence-electron chi connectivity index (χ3n) is 3.42. The van der Waals surface area contributed by atoms with E-state index in [2.05, 4.69) is 37.4 Å². The van der Waals surface area contributed by atoms with Gasteiger partial charge in [0.2, 0.25) is 0 Å². The van der Waals surface area contributed by atoms with E-state index in [0.717, 1.165) is 37.4 Å². The van der Waals surface area contributed by atoms with Crippen LogP contribution >= 0.6 is 11.6 Å². The lowest BCUT2D eigenvalue weighted by atomic mass is 9.95. The molecule has 1 aliphatic heterocycles. The fourth-order valence-electron chi connectivity index (χ4n) is 2.41. The van der Waals surface area contributed by atoms with E-state index >= 15 is 0 Å². The first-order valence-corrected chi connectivity index (χ1v) is 6.85. The smallest absolute Gasteiger partial charge is 0.0484 e. The molecule has 92 valence electrons. The standard InChI is InChI=1S/C15H20ClN/c1-3-11-8-14(13-6-5-7-17-10-13)15(16)9-12(11)4-2/h6,8-9,17H,3-5,7,10H2,1-2H3. The summed E-state index contributed by atoms with van der Waals surface area (Å²) in [6.45, 7) is 6.41. The molecule has 1 heterocycles. The topological polar surface area (TPSA) is 12.0 Å². The van der Waals surface area contributed by atoms with Gasteiger partial charge in [0, 0.05) is 11.6 Å². The van der Waals surface area contributed by atoms with Crippen molar-refractivity contribution in [3.63, 3.8) is 0 Å². The van der Waals surface area contributed by atoms with Gasteiger partial charge >= 0.3 is 0 Å². The SMILES string of the molecule is CCc1cc(Cl)c(C2=CCCNC2)cc1CC. The first-order valence-electron chi connectivity index (χ1n) is 6.47. The first-order chi connectivity index (χ1) is 8.26. The van der Waals surface area contributed by atoms with Gasteiger partial charge in [0.1, 0.15) is 0 Å². The molecule has 0 saturated heterocycles. The van der Waals surface area contributed by atoms with Crippen molar-refractivity contribution in [2.45, 2.75) is 33.1 Å². The summed E-state index contributed by atoms with van der Waals surface area (Å²) in [5.41, 5.74) is 5.37. The fourth-order valence-corrected chi connectivity index (χ4v) is 2.72. The van der Waals surface area contributed by atoms with E-state index in [-0.39, 0.29) is 0 Å². The molecule has 0 atom stereocenters. The Morgan fingerprint density at radius 3 is 2.47 bits per heavy atom. The van der Waals surface area contributed by atoms with Gasteiger partial charge in [-0.2, -0.15) is 0 Å². The van der Waals surface area contributed by atoms with Gasteiger partial charge in [0.05, 0.1) is 0 Å². The van der Waals surface area contributed by atoms with Crippen molar-refractivity contribution < 1.29 is 0 Å². The minimum absolute atomic E-state index is 0.897. The fraction of sp³-hybridized carbons (Fsp3) is 0.467. The second-order valence-corrected chi connectivity index (χ2v) is 4.91. The van der Waals surface area contributed by atoms with E-state index in [4.69, 9.17) is 11.6 Å². The summed E-state index contributed by atoms with van der Waals surface area (Å²) in [6, 6.07) is 4.42.